The minimum Gasteiger partial charge on any atom is -0.382 e. The zero-order chi connectivity index (χ0) is 17.5. The van der Waals surface area contributed by atoms with Gasteiger partial charge in [-0.15, -0.1) is 0 Å². The molecule has 6 nitrogen and oxygen atoms in total. The largest absolute Gasteiger partial charge is 0.382 e. The van der Waals surface area contributed by atoms with Crippen molar-refractivity contribution >= 4 is 11.7 Å². The SMILES string of the molecule is CN(C)[C@@H]1CCCN(C(=O)NCCNc2cccc(F)c2C#N)C1. The maximum Gasteiger partial charge on any atom is 0.317 e. The lowest BCUT2D eigenvalue weighted by atomic mass is 10.1. The summed E-state index contributed by atoms with van der Waals surface area (Å²) >= 11 is 0. The summed E-state index contributed by atoms with van der Waals surface area (Å²) in [4.78, 5) is 16.2. The predicted octanol–water partition coefficient (Wildman–Crippen LogP) is 1.84. The number of likely N-dealkylation sites (N-methyl/N-ethyl adjacent to an activating group) is 1. The Bertz CT molecular complexity index is 613. The van der Waals surface area contributed by atoms with Crippen molar-refractivity contribution in [2.75, 3.05) is 45.6 Å². The van der Waals surface area contributed by atoms with Crippen LogP contribution in [0.25, 0.3) is 0 Å². The Hall–Kier alpha value is -2.33. The minimum atomic E-state index is -0.547. The molecule has 2 rings (SSSR count). The number of benzene rings is 1. The Morgan fingerprint density at radius 3 is 2.96 bits per heavy atom. The number of hydrogen-bond acceptors (Lipinski definition) is 4. The molecule has 0 bridgehead atoms. The molecule has 1 aliphatic heterocycles. The molecule has 1 atom stereocenters. The Balaban J connectivity index is 1.77. The monoisotopic (exact) mass is 333 g/mol. The first-order valence-corrected chi connectivity index (χ1v) is 8.14. The second-order valence-corrected chi connectivity index (χ2v) is 6.14. The highest BCUT2D eigenvalue weighted by atomic mass is 19.1. The van der Waals surface area contributed by atoms with E-state index < -0.39 is 5.82 Å². The number of anilines is 1. The molecule has 24 heavy (non-hydrogen) atoms. The van der Waals surface area contributed by atoms with Gasteiger partial charge in [-0.2, -0.15) is 5.26 Å². The van der Waals surface area contributed by atoms with Gasteiger partial charge in [0.2, 0.25) is 0 Å². The molecule has 1 aliphatic rings. The van der Waals surface area contributed by atoms with Crippen LogP contribution in [0, 0.1) is 17.1 Å². The summed E-state index contributed by atoms with van der Waals surface area (Å²) in [5.41, 5.74) is 0.436. The average molecular weight is 333 g/mol. The number of urea groups is 1. The van der Waals surface area contributed by atoms with Gasteiger partial charge in [0.1, 0.15) is 17.4 Å². The number of halogens is 1. The van der Waals surface area contributed by atoms with Crippen molar-refractivity contribution in [2.45, 2.75) is 18.9 Å². The van der Waals surface area contributed by atoms with Crippen molar-refractivity contribution in [1.29, 1.82) is 5.26 Å². The lowest BCUT2D eigenvalue weighted by molar-refractivity contribution is 0.140. The van der Waals surface area contributed by atoms with Gasteiger partial charge in [0.15, 0.2) is 0 Å². The highest BCUT2D eigenvalue weighted by Gasteiger charge is 2.24. The van der Waals surface area contributed by atoms with Gasteiger partial charge in [-0.1, -0.05) is 6.07 Å². The fourth-order valence-electron chi connectivity index (χ4n) is 2.82. The lowest BCUT2D eigenvalue weighted by Crippen LogP contribution is -2.51. The van der Waals surface area contributed by atoms with Gasteiger partial charge < -0.3 is 20.4 Å². The number of hydrogen-bond donors (Lipinski definition) is 2. The van der Waals surface area contributed by atoms with E-state index in [0.717, 1.165) is 25.9 Å². The predicted molar refractivity (Wildman–Crippen MR) is 91.3 cm³/mol. The van der Waals surface area contributed by atoms with Crippen molar-refractivity contribution in [3.05, 3.63) is 29.6 Å². The van der Waals surface area contributed by atoms with Gasteiger partial charge in [-0.25, -0.2) is 9.18 Å². The number of carbonyl (C=O) groups excluding carboxylic acids is 1. The van der Waals surface area contributed by atoms with E-state index in [0.29, 0.717) is 24.8 Å². The van der Waals surface area contributed by atoms with Crippen LogP contribution in [0.4, 0.5) is 14.9 Å². The van der Waals surface area contributed by atoms with E-state index in [4.69, 9.17) is 5.26 Å². The zero-order valence-electron chi connectivity index (χ0n) is 14.2. The zero-order valence-corrected chi connectivity index (χ0v) is 14.2. The number of piperidine rings is 1. The molecular formula is C17H24FN5O. The number of rotatable bonds is 5. The standard InChI is InChI=1S/C17H24FN5O/c1-22(2)13-5-4-10-23(12-13)17(24)21-9-8-20-16-7-3-6-15(18)14(16)11-19/h3,6-7,13,20H,4-5,8-10,12H2,1-2H3,(H,21,24)/t13-/m1/s1. The number of carbonyl (C=O) groups is 1. The summed E-state index contributed by atoms with van der Waals surface area (Å²) in [5.74, 6) is -0.547. The van der Waals surface area contributed by atoms with Crippen LogP contribution in [0.15, 0.2) is 18.2 Å². The van der Waals surface area contributed by atoms with Gasteiger partial charge in [0, 0.05) is 32.2 Å². The van der Waals surface area contributed by atoms with E-state index in [2.05, 4.69) is 15.5 Å². The summed E-state index contributed by atoms with van der Waals surface area (Å²) in [6.45, 7) is 2.33. The van der Waals surface area contributed by atoms with Gasteiger partial charge in [0.25, 0.3) is 0 Å². The molecule has 0 aromatic heterocycles. The quantitative estimate of drug-likeness (QED) is 0.807. The van der Waals surface area contributed by atoms with Gasteiger partial charge in [-0.3, -0.25) is 0 Å². The first-order chi connectivity index (χ1) is 11.5. The second-order valence-electron chi connectivity index (χ2n) is 6.14. The molecule has 1 saturated heterocycles. The molecule has 1 aromatic carbocycles. The van der Waals surface area contributed by atoms with Crippen molar-refractivity contribution < 1.29 is 9.18 Å². The molecule has 0 aliphatic carbocycles. The molecule has 0 radical (unpaired) electrons. The molecule has 2 amide bonds. The molecule has 7 heteroatoms. The van der Waals surface area contributed by atoms with E-state index in [9.17, 15) is 9.18 Å². The Kier molecular flexibility index (Phi) is 6.38. The van der Waals surface area contributed by atoms with Crippen molar-refractivity contribution in [1.82, 2.24) is 15.1 Å². The third-order valence-corrected chi connectivity index (χ3v) is 4.26. The maximum atomic E-state index is 13.5. The second kappa shape index (κ2) is 8.50. The number of amides is 2. The molecule has 0 saturated carbocycles. The minimum absolute atomic E-state index is 0.00585. The number of nitrogens with one attached hydrogen (secondary N) is 2. The first kappa shape index (κ1) is 18.0. The Morgan fingerprint density at radius 2 is 2.25 bits per heavy atom. The van der Waals surface area contributed by atoms with E-state index in [-0.39, 0.29) is 11.6 Å². The van der Waals surface area contributed by atoms with Crippen LogP contribution in [-0.4, -0.2) is 62.1 Å². The summed E-state index contributed by atoms with van der Waals surface area (Å²) in [6, 6.07) is 6.61. The van der Waals surface area contributed by atoms with Crippen molar-refractivity contribution in [3.63, 3.8) is 0 Å². The van der Waals surface area contributed by atoms with Crippen LogP contribution in [0.5, 0.6) is 0 Å². The van der Waals surface area contributed by atoms with E-state index >= 15 is 0 Å². The molecule has 2 N–H and O–H groups in total. The van der Waals surface area contributed by atoms with Gasteiger partial charge in [0.05, 0.1) is 5.69 Å². The molecular weight excluding hydrogens is 309 g/mol. The van der Waals surface area contributed by atoms with E-state index in [1.165, 1.54) is 6.07 Å². The summed E-state index contributed by atoms with van der Waals surface area (Å²) < 4.78 is 13.5. The van der Waals surface area contributed by atoms with Crippen LogP contribution >= 0.6 is 0 Å². The third-order valence-electron chi connectivity index (χ3n) is 4.26. The van der Waals surface area contributed by atoms with Gasteiger partial charge >= 0.3 is 6.03 Å². The fraction of sp³-hybridized carbons (Fsp3) is 0.529. The van der Waals surface area contributed by atoms with E-state index in [1.807, 2.05) is 25.1 Å². The smallest absolute Gasteiger partial charge is 0.317 e. The van der Waals surface area contributed by atoms with Crippen molar-refractivity contribution in [3.8, 4) is 6.07 Å². The van der Waals surface area contributed by atoms with Gasteiger partial charge in [-0.05, 0) is 39.1 Å². The lowest BCUT2D eigenvalue weighted by Gasteiger charge is -2.36. The number of nitriles is 1. The van der Waals surface area contributed by atoms with Crippen LogP contribution in [-0.2, 0) is 0 Å². The van der Waals surface area contributed by atoms with Crippen LogP contribution < -0.4 is 10.6 Å². The normalized spacial score (nSPS) is 17.5. The molecule has 0 unspecified atom stereocenters. The first-order valence-electron chi connectivity index (χ1n) is 8.14. The molecule has 1 heterocycles. The number of nitrogens with zero attached hydrogens (tertiary/aromatic N) is 3. The summed E-state index contributed by atoms with van der Waals surface area (Å²) in [6.07, 6.45) is 2.11. The maximum absolute atomic E-state index is 13.5. The molecule has 1 aromatic rings. The molecule has 0 spiro atoms. The summed E-state index contributed by atoms with van der Waals surface area (Å²) in [7, 11) is 4.06. The average Bonchev–Trinajstić information content (AvgIpc) is 2.58. The number of likely N-dealkylation sites (tertiary alicyclic amines) is 1. The highest BCUT2D eigenvalue weighted by molar-refractivity contribution is 5.74. The van der Waals surface area contributed by atoms with Crippen molar-refractivity contribution in [2.24, 2.45) is 0 Å². The Morgan fingerprint density at radius 1 is 1.46 bits per heavy atom. The Labute approximate surface area is 142 Å². The molecule has 1 fully saturated rings. The van der Waals surface area contributed by atoms with Crippen LogP contribution in [0.3, 0.4) is 0 Å². The fourth-order valence-corrected chi connectivity index (χ4v) is 2.82. The molecule has 130 valence electrons. The third kappa shape index (κ3) is 4.59. The van der Waals surface area contributed by atoms with Crippen LogP contribution in [0.1, 0.15) is 18.4 Å². The summed E-state index contributed by atoms with van der Waals surface area (Å²) in [5, 5.41) is 14.8. The highest BCUT2D eigenvalue weighted by Crippen LogP contribution is 2.17. The van der Waals surface area contributed by atoms with E-state index in [1.54, 1.807) is 12.1 Å². The topological polar surface area (TPSA) is 71.4 Å². The van der Waals surface area contributed by atoms with Crippen LogP contribution in [0.2, 0.25) is 0 Å².